The summed E-state index contributed by atoms with van der Waals surface area (Å²) < 4.78 is 0. The van der Waals surface area contributed by atoms with Gasteiger partial charge in [0.1, 0.15) is 11.0 Å². The number of rotatable bonds is 3. The molecule has 0 aliphatic carbocycles. The Balaban J connectivity index is 2.17. The number of piperazine rings is 1. The molecule has 110 valence electrons. The van der Waals surface area contributed by atoms with Crippen molar-refractivity contribution in [3.8, 4) is 0 Å². The van der Waals surface area contributed by atoms with Crippen LogP contribution in [-0.2, 0) is 0 Å². The second-order valence-electron chi connectivity index (χ2n) is 5.00. The first-order valence-electron chi connectivity index (χ1n) is 6.69. The highest BCUT2D eigenvalue weighted by molar-refractivity contribution is 6.29. The number of nitrogens with zero attached hydrogens (tertiary/aromatic N) is 3. The van der Waals surface area contributed by atoms with Crippen LogP contribution in [0.25, 0.3) is 0 Å². The number of carbonyl (C=O) groups is 1. The van der Waals surface area contributed by atoms with Gasteiger partial charge in [-0.3, -0.25) is 9.69 Å². The molecule has 1 aromatic rings. The molecule has 20 heavy (non-hydrogen) atoms. The number of hydrogen-bond donors (Lipinski definition) is 2. The first kappa shape index (κ1) is 15.0. The molecular formula is C13H20ClN5O. The molecule has 0 spiro atoms. The summed E-state index contributed by atoms with van der Waals surface area (Å²) in [5.74, 6) is 5.69. The van der Waals surface area contributed by atoms with Crippen molar-refractivity contribution in [3.05, 3.63) is 22.8 Å². The van der Waals surface area contributed by atoms with Crippen molar-refractivity contribution in [3.63, 3.8) is 0 Å². The van der Waals surface area contributed by atoms with Gasteiger partial charge in [-0.1, -0.05) is 18.5 Å². The van der Waals surface area contributed by atoms with Gasteiger partial charge in [-0.05, 0) is 25.6 Å². The molecule has 0 radical (unpaired) electrons. The Morgan fingerprint density at radius 2 is 2.30 bits per heavy atom. The van der Waals surface area contributed by atoms with E-state index in [1.54, 1.807) is 12.1 Å². The lowest BCUT2D eigenvalue weighted by Gasteiger charge is -2.39. The third-order valence-electron chi connectivity index (χ3n) is 3.72. The fraction of sp³-hybridized carbons (Fsp3) is 0.538. The number of amides is 1. The quantitative estimate of drug-likeness (QED) is 0.498. The number of likely N-dealkylation sites (N-methyl/N-ethyl adjacent to an activating group) is 1. The lowest BCUT2D eigenvalue weighted by atomic mass is 10.1. The number of hydrogen-bond acceptors (Lipinski definition) is 5. The number of hydrazine groups is 1. The van der Waals surface area contributed by atoms with Gasteiger partial charge in [0.05, 0.1) is 0 Å². The lowest BCUT2D eigenvalue weighted by molar-refractivity contribution is 0.0542. The summed E-state index contributed by atoms with van der Waals surface area (Å²) in [6.45, 7) is 4.47. The van der Waals surface area contributed by atoms with Crippen LogP contribution in [0.15, 0.2) is 12.1 Å². The Morgan fingerprint density at radius 3 is 2.95 bits per heavy atom. The van der Waals surface area contributed by atoms with Crippen LogP contribution in [0.2, 0.25) is 5.15 Å². The molecule has 1 fully saturated rings. The van der Waals surface area contributed by atoms with Gasteiger partial charge in [-0.2, -0.15) is 0 Å². The van der Waals surface area contributed by atoms with Gasteiger partial charge < -0.3 is 10.3 Å². The first-order valence-corrected chi connectivity index (χ1v) is 7.06. The number of pyridine rings is 1. The third-order valence-corrected chi connectivity index (χ3v) is 3.92. The van der Waals surface area contributed by atoms with Crippen LogP contribution < -0.4 is 11.3 Å². The molecular weight excluding hydrogens is 278 g/mol. The van der Waals surface area contributed by atoms with Gasteiger partial charge in [0, 0.05) is 31.2 Å². The van der Waals surface area contributed by atoms with Crippen molar-refractivity contribution >= 4 is 23.3 Å². The number of nitrogen functional groups attached to an aromatic ring is 1. The number of aromatic nitrogens is 1. The SMILES string of the molecule is CCC1CN(C(=O)c2cc(Cl)nc(NN)c2)CCN1C. The van der Waals surface area contributed by atoms with E-state index in [1.165, 1.54) is 0 Å². The van der Waals surface area contributed by atoms with Crippen LogP contribution in [0.3, 0.4) is 0 Å². The highest BCUT2D eigenvalue weighted by atomic mass is 35.5. The topological polar surface area (TPSA) is 74.5 Å². The second kappa shape index (κ2) is 6.39. The Labute approximate surface area is 123 Å². The molecule has 2 rings (SSSR count). The Hall–Kier alpha value is -1.37. The standard InChI is InChI=1S/C13H20ClN5O/c1-3-10-8-19(5-4-18(10)2)13(20)9-6-11(14)16-12(7-9)17-15/h6-7,10H,3-5,8,15H2,1-2H3,(H,16,17). The van der Waals surface area contributed by atoms with Gasteiger partial charge in [0.2, 0.25) is 0 Å². The third kappa shape index (κ3) is 3.20. The van der Waals surface area contributed by atoms with E-state index in [2.05, 4.69) is 29.3 Å². The van der Waals surface area contributed by atoms with Crippen molar-refractivity contribution in [2.24, 2.45) is 5.84 Å². The molecule has 0 bridgehead atoms. The molecule has 1 unspecified atom stereocenters. The van der Waals surface area contributed by atoms with Crippen LogP contribution in [0, 0.1) is 0 Å². The Morgan fingerprint density at radius 1 is 1.55 bits per heavy atom. The summed E-state index contributed by atoms with van der Waals surface area (Å²) in [4.78, 5) is 20.7. The molecule has 0 aromatic carbocycles. The van der Waals surface area contributed by atoms with Crippen molar-refractivity contribution in [2.75, 3.05) is 32.1 Å². The molecule has 7 heteroatoms. The Bertz CT molecular complexity index is 496. The van der Waals surface area contributed by atoms with E-state index in [4.69, 9.17) is 17.4 Å². The van der Waals surface area contributed by atoms with E-state index in [0.29, 0.717) is 17.4 Å². The van der Waals surface area contributed by atoms with Gasteiger partial charge in [-0.25, -0.2) is 10.8 Å². The Kier molecular flexibility index (Phi) is 4.80. The maximum Gasteiger partial charge on any atom is 0.254 e. The van der Waals surface area contributed by atoms with Crippen LogP contribution in [-0.4, -0.2) is 53.4 Å². The summed E-state index contributed by atoms with van der Waals surface area (Å²) in [6, 6.07) is 3.59. The van der Waals surface area contributed by atoms with Crippen molar-refractivity contribution < 1.29 is 4.79 Å². The molecule has 1 saturated heterocycles. The zero-order valence-corrected chi connectivity index (χ0v) is 12.5. The van der Waals surface area contributed by atoms with E-state index in [1.807, 2.05) is 4.90 Å². The predicted octanol–water partition coefficient (Wildman–Crippen LogP) is 1.19. The summed E-state index contributed by atoms with van der Waals surface area (Å²) in [7, 11) is 2.09. The van der Waals surface area contributed by atoms with Gasteiger partial charge in [0.25, 0.3) is 5.91 Å². The minimum Gasteiger partial charge on any atom is -0.336 e. The summed E-state index contributed by atoms with van der Waals surface area (Å²) in [5, 5.41) is 0.255. The van der Waals surface area contributed by atoms with Crippen LogP contribution in [0.1, 0.15) is 23.7 Å². The van der Waals surface area contributed by atoms with E-state index < -0.39 is 0 Å². The molecule has 6 nitrogen and oxygen atoms in total. The molecule has 1 atom stereocenters. The minimum atomic E-state index is -0.0302. The van der Waals surface area contributed by atoms with Crippen molar-refractivity contribution in [2.45, 2.75) is 19.4 Å². The molecule has 1 aliphatic rings. The lowest BCUT2D eigenvalue weighted by Crippen LogP contribution is -2.53. The average Bonchev–Trinajstić information content (AvgIpc) is 2.46. The van der Waals surface area contributed by atoms with E-state index in [9.17, 15) is 4.79 Å². The minimum absolute atomic E-state index is 0.0302. The van der Waals surface area contributed by atoms with Crippen LogP contribution in [0.5, 0.6) is 0 Å². The van der Waals surface area contributed by atoms with Gasteiger partial charge >= 0.3 is 0 Å². The van der Waals surface area contributed by atoms with Crippen LogP contribution in [0.4, 0.5) is 5.82 Å². The van der Waals surface area contributed by atoms with Crippen molar-refractivity contribution in [1.82, 2.24) is 14.8 Å². The monoisotopic (exact) mass is 297 g/mol. The zero-order chi connectivity index (χ0) is 14.7. The average molecular weight is 298 g/mol. The molecule has 1 amide bonds. The molecule has 0 saturated carbocycles. The predicted molar refractivity (Wildman–Crippen MR) is 79.7 cm³/mol. The van der Waals surface area contributed by atoms with Gasteiger partial charge in [-0.15, -0.1) is 0 Å². The largest absolute Gasteiger partial charge is 0.336 e. The normalized spacial score (nSPS) is 20.0. The molecule has 3 N–H and O–H groups in total. The smallest absolute Gasteiger partial charge is 0.254 e. The summed E-state index contributed by atoms with van der Waals surface area (Å²) in [6.07, 6.45) is 1.02. The fourth-order valence-electron chi connectivity index (χ4n) is 2.45. The number of halogens is 1. The molecule has 1 aromatic heterocycles. The summed E-state index contributed by atoms with van der Waals surface area (Å²) in [5.41, 5.74) is 2.93. The second-order valence-corrected chi connectivity index (χ2v) is 5.39. The zero-order valence-electron chi connectivity index (χ0n) is 11.8. The summed E-state index contributed by atoms with van der Waals surface area (Å²) >= 11 is 5.91. The maximum atomic E-state index is 12.5. The number of carbonyl (C=O) groups excluding carboxylic acids is 1. The molecule has 1 aliphatic heterocycles. The maximum absolute atomic E-state index is 12.5. The number of nitrogens with two attached hydrogens (primary N) is 1. The highest BCUT2D eigenvalue weighted by Gasteiger charge is 2.27. The first-order chi connectivity index (χ1) is 9.55. The fourth-order valence-corrected chi connectivity index (χ4v) is 2.66. The van der Waals surface area contributed by atoms with Crippen LogP contribution >= 0.6 is 11.6 Å². The van der Waals surface area contributed by atoms with E-state index in [0.717, 1.165) is 26.1 Å². The van der Waals surface area contributed by atoms with E-state index in [-0.39, 0.29) is 11.1 Å². The number of anilines is 1. The van der Waals surface area contributed by atoms with Crippen molar-refractivity contribution in [1.29, 1.82) is 0 Å². The highest BCUT2D eigenvalue weighted by Crippen LogP contribution is 2.18. The number of nitrogens with one attached hydrogen (secondary N) is 1. The van der Waals surface area contributed by atoms with Gasteiger partial charge in [0.15, 0.2) is 0 Å². The molecule has 2 heterocycles. The van der Waals surface area contributed by atoms with E-state index >= 15 is 0 Å².